The second-order valence-corrected chi connectivity index (χ2v) is 6.08. The van der Waals surface area contributed by atoms with Gasteiger partial charge in [0.1, 0.15) is 5.75 Å². The van der Waals surface area contributed by atoms with Crippen LogP contribution in [-0.4, -0.2) is 36.4 Å². The van der Waals surface area contributed by atoms with Crippen LogP contribution in [-0.2, 0) is 21.5 Å². The Labute approximate surface area is 142 Å². The lowest BCUT2D eigenvalue weighted by Crippen LogP contribution is -2.41. The summed E-state index contributed by atoms with van der Waals surface area (Å²) in [6.45, 7) is -0.249. The first-order valence-corrected chi connectivity index (χ1v) is 7.72. The maximum atomic E-state index is 12.9. The molecule has 1 aliphatic carbocycles. The first-order valence-electron chi connectivity index (χ1n) is 7.72. The molecule has 1 amide bonds. The zero-order valence-corrected chi connectivity index (χ0v) is 13.5. The molecular weight excluding hydrogens is 335 g/mol. The SMILES string of the molecule is COc1cccc2c1C1(C=CC(=O)C=C1)CCN(C(=O)C(F)(F)F)C2. The van der Waals surface area contributed by atoms with Gasteiger partial charge in [-0.25, -0.2) is 0 Å². The summed E-state index contributed by atoms with van der Waals surface area (Å²) >= 11 is 0. The Morgan fingerprint density at radius 1 is 1.24 bits per heavy atom. The Balaban J connectivity index is 2.12. The highest BCUT2D eigenvalue weighted by molar-refractivity contribution is 6.01. The average Bonchev–Trinajstić information content (AvgIpc) is 2.74. The molecule has 25 heavy (non-hydrogen) atoms. The number of alkyl halides is 3. The molecule has 7 heteroatoms. The molecule has 132 valence electrons. The molecule has 0 radical (unpaired) electrons. The van der Waals surface area contributed by atoms with E-state index in [9.17, 15) is 22.8 Å². The second-order valence-electron chi connectivity index (χ2n) is 6.08. The molecule has 0 unspecified atom stereocenters. The number of ketones is 1. The second kappa shape index (κ2) is 6.06. The van der Waals surface area contributed by atoms with Crippen LogP contribution >= 0.6 is 0 Å². The topological polar surface area (TPSA) is 46.6 Å². The maximum absolute atomic E-state index is 12.9. The lowest BCUT2D eigenvalue weighted by Gasteiger charge is -2.31. The predicted octanol–water partition coefficient (Wildman–Crippen LogP) is 2.92. The van der Waals surface area contributed by atoms with E-state index in [1.54, 1.807) is 30.4 Å². The van der Waals surface area contributed by atoms with E-state index in [0.717, 1.165) is 4.90 Å². The fourth-order valence-corrected chi connectivity index (χ4v) is 3.40. The van der Waals surface area contributed by atoms with Crippen LogP contribution in [0.2, 0.25) is 0 Å². The summed E-state index contributed by atoms with van der Waals surface area (Å²) < 4.78 is 44.1. The number of hydrogen-bond acceptors (Lipinski definition) is 3. The fraction of sp³-hybridized carbons (Fsp3) is 0.333. The van der Waals surface area contributed by atoms with Gasteiger partial charge in [-0.1, -0.05) is 24.3 Å². The van der Waals surface area contributed by atoms with Crippen LogP contribution in [0.15, 0.2) is 42.5 Å². The molecule has 1 spiro atoms. The summed E-state index contributed by atoms with van der Waals surface area (Å²) in [5, 5.41) is 0. The predicted molar refractivity (Wildman–Crippen MR) is 84.0 cm³/mol. The molecule has 1 aliphatic heterocycles. The molecule has 0 saturated heterocycles. The van der Waals surface area contributed by atoms with Crippen molar-refractivity contribution in [3.8, 4) is 5.75 Å². The number of benzene rings is 1. The van der Waals surface area contributed by atoms with Gasteiger partial charge in [0.25, 0.3) is 0 Å². The zero-order chi connectivity index (χ0) is 18.2. The third-order valence-electron chi connectivity index (χ3n) is 4.57. The highest BCUT2D eigenvalue weighted by atomic mass is 19.4. The highest BCUT2D eigenvalue weighted by Crippen LogP contribution is 2.44. The summed E-state index contributed by atoms with van der Waals surface area (Å²) in [5.41, 5.74) is 0.476. The number of fused-ring (bicyclic) bond motifs is 2. The van der Waals surface area contributed by atoms with Gasteiger partial charge in [0.05, 0.1) is 7.11 Å². The molecule has 0 saturated carbocycles. The third kappa shape index (κ3) is 3.06. The van der Waals surface area contributed by atoms with E-state index in [2.05, 4.69) is 0 Å². The average molecular weight is 351 g/mol. The minimum atomic E-state index is -4.93. The van der Waals surface area contributed by atoms with Gasteiger partial charge in [-0.05, 0) is 30.2 Å². The van der Waals surface area contributed by atoms with Crippen molar-refractivity contribution in [1.82, 2.24) is 4.90 Å². The molecular formula is C18H16F3NO3. The number of carbonyl (C=O) groups is 2. The van der Waals surface area contributed by atoms with Crippen molar-refractivity contribution in [3.05, 3.63) is 53.6 Å². The van der Waals surface area contributed by atoms with Crippen LogP contribution in [0.3, 0.4) is 0 Å². The summed E-state index contributed by atoms with van der Waals surface area (Å²) in [6, 6.07) is 5.08. The number of rotatable bonds is 1. The van der Waals surface area contributed by atoms with Crippen molar-refractivity contribution in [1.29, 1.82) is 0 Å². The van der Waals surface area contributed by atoms with Crippen molar-refractivity contribution in [2.24, 2.45) is 0 Å². The first-order chi connectivity index (χ1) is 11.8. The molecule has 0 atom stereocenters. The van der Waals surface area contributed by atoms with E-state index in [0.29, 0.717) is 16.9 Å². The van der Waals surface area contributed by atoms with Gasteiger partial charge in [-0.15, -0.1) is 0 Å². The third-order valence-corrected chi connectivity index (χ3v) is 4.57. The fourth-order valence-electron chi connectivity index (χ4n) is 3.40. The number of nitrogens with zero attached hydrogens (tertiary/aromatic N) is 1. The normalized spacial score (nSPS) is 18.9. The van der Waals surface area contributed by atoms with Gasteiger partial charge in [0.2, 0.25) is 0 Å². The minimum absolute atomic E-state index is 0.0843. The molecule has 0 fully saturated rings. The van der Waals surface area contributed by atoms with Crippen molar-refractivity contribution in [3.63, 3.8) is 0 Å². The number of amides is 1. The summed E-state index contributed by atoms with van der Waals surface area (Å²) in [7, 11) is 1.48. The number of hydrogen-bond donors (Lipinski definition) is 0. The smallest absolute Gasteiger partial charge is 0.471 e. The van der Waals surface area contributed by atoms with E-state index in [1.807, 2.05) is 0 Å². The molecule has 0 bridgehead atoms. The Bertz CT molecular complexity index is 764. The largest absolute Gasteiger partial charge is 0.496 e. The van der Waals surface area contributed by atoms with Crippen molar-refractivity contribution in [2.75, 3.05) is 13.7 Å². The Morgan fingerprint density at radius 2 is 1.92 bits per heavy atom. The van der Waals surface area contributed by atoms with Gasteiger partial charge >= 0.3 is 12.1 Å². The molecule has 1 aromatic rings. The standard InChI is InChI=1S/C18H16F3NO3/c1-25-14-4-2-3-12-11-22(16(24)18(19,20)21)10-9-17(15(12)14)7-5-13(23)6-8-17/h2-8H,9-11H2,1H3. The van der Waals surface area contributed by atoms with Crippen molar-refractivity contribution >= 4 is 11.7 Å². The molecule has 0 N–H and O–H groups in total. The van der Waals surface area contributed by atoms with Crippen LogP contribution < -0.4 is 4.74 Å². The van der Waals surface area contributed by atoms with Crippen LogP contribution in [0.25, 0.3) is 0 Å². The van der Waals surface area contributed by atoms with Crippen LogP contribution in [0, 0.1) is 0 Å². The zero-order valence-electron chi connectivity index (χ0n) is 13.5. The number of methoxy groups -OCH3 is 1. The van der Waals surface area contributed by atoms with Crippen molar-refractivity contribution in [2.45, 2.75) is 24.6 Å². The van der Waals surface area contributed by atoms with Crippen molar-refractivity contribution < 1.29 is 27.5 Å². The number of halogens is 3. The quantitative estimate of drug-likeness (QED) is 0.782. The van der Waals surface area contributed by atoms with Gasteiger partial charge in [-0.3, -0.25) is 9.59 Å². The van der Waals surface area contributed by atoms with Gasteiger partial charge in [0.15, 0.2) is 5.78 Å². The summed E-state index contributed by atoms with van der Waals surface area (Å²) in [6.07, 6.45) is 1.46. The molecule has 3 rings (SSSR count). The van der Waals surface area contributed by atoms with Gasteiger partial charge < -0.3 is 9.64 Å². The minimum Gasteiger partial charge on any atom is -0.496 e. The van der Waals surface area contributed by atoms with E-state index >= 15 is 0 Å². The summed E-state index contributed by atoms with van der Waals surface area (Å²) in [5.74, 6) is -1.53. The molecule has 1 aromatic carbocycles. The maximum Gasteiger partial charge on any atom is 0.471 e. The molecule has 1 heterocycles. The van der Waals surface area contributed by atoms with E-state index in [1.165, 1.54) is 19.3 Å². The van der Waals surface area contributed by atoms with Crippen LogP contribution in [0.1, 0.15) is 17.5 Å². The first kappa shape index (κ1) is 17.3. The van der Waals surface area contributed by atoms with Gasteiger partial charge in [0, 0.05) is 24.1 Å². The van der Waals surface area contributed by atoms with Crippen LogP contribution in [0.5, 0.6) is 5.75 Å². The Kier molecular flexibility index (Phi) is 4.18. The van der Waals surface area contributed by atoms with Crippen LogP contribution in [0.4, 0.5) is 13.2 Å². The van der Waals surface area contributed by atoms with Gasteiger partial charge in [-0.2, -0.15) is 13.2 Å². The summed E-state index contributed by atoms with van der Waals surface area (Å²) in [4.78, 5) is 24.1. The number of ether oxygens (including phenoxy) is 1. The van der Waals surface area contributed by atoms with E-state index in [-0.39, 0.29) is 25.3 Å². The lowest BCUT2D eigenvalue weighted by molar-refractivity contribution is -0.186. The molecule has 2 aliphatic rings. The monoisotopic (exact) mass is 351 g/mol. The van der Waals surface area contributed by atoms with E-state index in [4.69, 9.17) is 4.74 Å². The molecule has 4 nitrogen and oxygen atoms in total. The van der Waals surface area contributed by atoms with E-state index < -0.39 is 17.5 Å². The molecule has 0 aromatic heterocycles. The highest BCUT2D eigenvalue weighted by Gasteiger charge is 2.45. The number of carbonyl (C=O) groups excluding carboxylic acids is 2. The Hall–Kier alpha value is -2.57. The Morgan fingerprint density at radius 3 is 2.52 bits per heavy atom. The lowest BCUT2D eigenvalue weighted by atomic mass is 9.73. The number of allylic oxidation sites excluding steroid dienone is 4.